The van der Waals surface area contributed by atoms with Crippen LogP contribution < -0.4 is 0 Å². The van der Waals surface area contributed by atoms with Crippen molar-refractivity contribution >= 4 is 45.2 Å². The Morgan fingerprint density at radius 3 is 2.07 bits per heavy atom. The van der Waals surface area contributed by atoms with Crippen LogP contribution in [0.2, 0.25) is 0 Å². The number of hydrogen-bond acceptors (Lipinski definition) is 0. The molecular formula is C28H24I2. The van der Waals surface area contributed by atoms with Gasteiger partial charge in [0.05, 0.1) is 0 Å². The first-order valence-corrected chi connectivity index (χ1v) is 12.3. The molecule has 0 nitrogen and oxygen atoms in total. The van der Waals surface area contributed by atoms with Gasteiger partial charge in [0.2, 0.25) is 0 Å². The minimum absolute atomic E-state index is 0.966. The molecule has 4 rings (SSSR count). The van der Waals surface area contributed by atoms with E-state index >= 15 is 0 Å². The first kappa shape index (κ1) is 21.6. The molecule has 0 saturated heterocycles. The highest BCUT2D eigenvalue weighted by molar-refractivity contribution is 14.1. The molecular weight excluding hydrogens is 590 g/mol. The molecule has 0 amide bonds. The molecule has 4 aromatic carbocycles. The second kappa shape index (κ2) is 9.65. The van der Waals surface area contributed by atoms with Crippen molar-refractivity contribution in [2.45, 2.75) is 26.7 Å². The van der Waals surface area contributed by atoms with Gasteiger partial charge in [0.1, 0.15) is 0 Å². The molecule has 0 aliphatic heterocycles. The van der Waals surface area contributed by atoms with Crippen LogP contribution in [0.25, 0.3) is 11.1 Å². The average Bonchev–Trinajstić information content (AvgIpc) is 2.72. The summed E-state index contributed by atoms with van der Waals surface area (Å²) in [6.07, 6.45) is 1.95. The Kier molecular flexibility index (Phi) is 6.94. The summed E-state index contributed by atoms with van der Waals surface area (Å²) in [6.45, 7) is 4.35. The summed E-state index contributed by atoms with van der Waals surface area (Å²) in [7, 11) is 0. The van der Waals surface area contributed by atoms with E-state index in [0.29, 0.717) is 0 Å². The zero-order chi connectivity index (χ0) is 21.1. The molecule has 30 heavy (non-hydrogen) atoms. The maximum atomic E-state index is 2.50. The van der Waals surface area contributed by atoms with Gasteiger partial charge in [-0.1, -0.05) is 72.3 Å². The number of aryl methyl sites for hydroxylation is 2. The summed E-state index contributed by atoms with van der Waals surface area (Å²) in [5, 5.41) is 0. The van der Waals surface area contributed by atoms with Gasteiger partial charge in [0.25, 0.3) is 0 Å². The van der Waals surface area contributed by atoms with Crippen LogP contribution in [0, 0.1) is 21.0 Å². The SMILES string of the molecule is Cc1ccc(-c2ccc(C)c(Cc3ccc(Cc4cccc(I)c4)cc3I)c2)cc1. The van der Waals surface area contributed by atoms with Crippen LogP contribution in [0.3, 0.4) is 0 Å². The molecule has 150 valence electrons. The number of halogens is 2. The fourth-order valence-corrected chi connectivity index (χ4v) is 5.10. The van der Waals surface area contributed by atoms with E-state index in [2.05, 4.69) is 144 Å². The lowest BCUT2D eigenvalue weighted by Crippen LogP contribution is -1.97. The summed E-state index contributed by atoms with van der Waals surface area (Å²) < 4.78 is 2.64. The maximum Gasteiger partial charge on any atom is 0.0168 e. The highest BCUT2D eigenvalue weighted by Gasteiger charge is 2.08. The summed E-state index contributed by atoms with van der Waals surface area (Å²) in [6, 6.07) is 31.3. The minimum atomic E-state index is 0.966. The van der Waals surface area contributed by atoms with Gasteiger partial charge in [-0.05, 0) is 129 Å². The Morgan fingerprint density at radius 1 is 0.600 bits per heavy atom. The predicted molar refractivity (Wildman–Crippen MR) is 145 cm³/mol. The molecule has 0 atom stereocenters. The summed E-state index contributed by atoms with van der Waals surface area (Å²) in [5.41, 5.74) is 10.8. The first-order valence-electron chi connectivity index (χ1n) is 10.2. The maximum absolute atomic E-state index is 2.50. The van der Waals surface area contributed by atoms with Crippen LogP contribution in [0.15, 0.2) is 84.9 Å². The van der Waals surface area contributed by atoms with Crippen molar-refractivity contribution in [3.8, 4) is 11.1 Å². The third kappa shape index (κ3) is 5.33. The van der Waals surface area contributed by atoms with E-state index in [-0.39, 0.29) is 0 Å². The normalized spacial score (nSPS) is 10.9. The van der Waals surface area contributed by atoms with Gasteiger partial charge >= 0.3 is 0 Å². The van der Waals surface area contributed by atoms with Crippen molar-refractivity contribution in [2.75, 3.05) is 0 Å². The second-order valence-electron chi connectivity index (χ2n) is 7.92. The van der Waals surface area contributed by atoms with E-state index in [1.165, 1.54) is 51.6 Å². The van der Waals surface area contributed by atoms with Crippen molar-refractivity contribution in [2.24, 2.45) is 0 Å². The van der Waals surface area contributed by atoms with Crippen LogP contribution in [-0.2, 0) is 12.8 Å². The van der Waals surface area contributed by atoms with Crippen LogP contribution in [0.5, 0.6) is 0 Å². The van der Waals surface area contributed by atoms with Crippen LogP contribution >= 0.6 is 45.2 Å². The van der Waals surface area contributed by atoms with Gasteiger partial charge in [0.15, 0.2) is 0 Å². The molecule has 2 heteroatoms. The van der Waals surface area contributed by atoms with Gasteiger partial charge < -0.3 is 0 Å². The molecule has 0 unspecified atom stereocenters. The van der Waals surface area contributed by atoms with Crippen molar-refractivity contribution in [1.29, 1.82) is 0 Å². The van der Waals surface area contributed by atoms with Crippen LogP contribution in [-0.4, -0.2) is 0 Å². The Labute approximate surface area is 207 Å². The first-order chi connectivity index (χ1) is 14.5. The van der Waals surface area contributed by atoms with Gasteiger partial charge in [-0.2, -0.15) is 0 Å². The number of hydrogen-bond donors (Lipinski definition) is 0. The predicted octanol–water partition coefficient (Wildman–Crippen LogP) is 8.36. The number of rotatable bonds is 5. The monoisotopic (exact) mass is 614 g/mol. The summed E-state index contributed by atoms with van der Waals surface area (Å²) in [4.78, 5) is 0. The molecule has 0 bridgehead atoms. The fourth-order valence-electron chi connectivity index (χ4n) is 3.72. The molecule has 0 radical (unpaired) electrons. The average molecular weight is 614 g/mol. The van der Waals surface area contributed by atoms with E-state index in [1.54, 1.807) is 0 Å². The van der Waals surface area contributed by atoms with Crippen molar-refractivity contribution < 1.29 is 0 Å². The summed E-state index contributed by atoms with van der Waals surface area (Å²) >= 11 is 4.88. The third-order valence-corrected chi connectivity index (χ3v) is 7.20. The van der Waals surface area contributed by atoms with Gasteiger partial charge in [0, 0.05) is 7.14 Å². The molecule has 0 aromatic heterocycles. The molecule has 0 spiro atoms. The summed E-state index contributed by atoms with van der Waals surface area (Å²) in [5.74, 6) is 0. The highest BCUT2D eigenvalue weighted by atomic mass is 127. The second-order valence-corrected chi connectivity index (χ2v) is 10.3. The van der Waals surface area contributed by atoms with Crippen molar-refractivity contribution in [3.05, 3.63) is 125 Å². The smallest absolute Gasteiger partial charge is 0.0168 e. The molecule has 0 aliphatic rings. The molecule has 0 aliphatic carbocycles. The van der Waals surface area contributed by atoms with Gasteiger partial charge in [-0.15, -0.1) is 0 Å². The van der Waals surface area contributed by atoms with Gasteiger partial charge in [-0.3, -0.25) is 0 Å². The zero-order valence-electron chi connectivity index (χ0n) is 17.3. The fraction of sp³-hybridized carbons (Fsp3) is 0.143. The Balaban J connectivity index is 1.56. The lowest BCUT2D eigenvalue weighted by Gasteiger charge is -2.12. The topological polar surface area (TPSA) is 0 Å². The Bertz CT molecular complexity index is 1170. The van der Waals surface area contributed by atoms with Gasteiger partial charge in [-0.25, -0.2) is 0 Å². The molecule has 0 N–H and O–H groups in total. The van der Waals surface area contributed by atoms with E-state index in [0.717, 1.165) is 12.8 Å². The van der Waals surface area contributed by atoms with Crippen molar-refractivity contribution in [1.82, 2.24) is 0 Å². The lowest BCUT2D eigenvalue weighted by molar-refractivity contribution is 1.12. The van der Waals surface area contributed by atoms with Crippen LogP contribution in [0.1, 0.15) is 33.4 Å². The lowest BCUT2D eigenvalue weighted by atomic mass is 9.94. The molecule has 4 aromatic rings. The van der Waals surface area contributed by atoms with Crippen LogP contribution in [0.4, 0.5) is 0 Å². The zero-order valence-corrected chi connectivity index (χ0v) is 21.6. The van der Waals surface area contributed by atoms with E-state index < -0.39 is 0 Å². The Morgan fingerprint density at radius 2 is 1.33 bits per heavy atom. The number of benzene rings is 4. The van der Waals surface area contributed by atoms with Crippen molar-refractivity contribution in [3.63, 3.8) is 0 Å². The quantitative estimate of drug-likeness (QED) is 0.198. The van der Waals surface area contributed by atoms with E-state index in [9.17, 15) is 0 Å². The third-order valence-electron chi connectivity index (χ3n) is 5.53. The largest absolute Gasteiger partial charge is 0.0609 e. The Hall–Kier alpha value is -1.66. The molecule has 0 heterocycles. The highest BCUT2D eigenvalue weighted by Crippen LogP contribution is 2.26. The van der Waals surface area contributed by atoms with E-state index in [1.807, 2.05) is 0 Å². The molecule has 0 fully saturated rings. The van der Waals surface area contributed by atoms with E-state index in [4.69, 9.17) is 0 Å². The molecule has 0 saturated carbocycles. The standard InChI is InChI=1S/C28H24I2/c1-19-6-10-23(11-7-19)24-12-8-20(2)26(17-24)18-25-13-9-22(16-28(25)30)14-21-4-3-5-27(29)15-21/h3-13,15-17H,14,18H2,1-2H3. The minimum Gasteiger partial charge on any atom is -0.0609 e.